The molecule has 1 unspecified atom stereocenters. The lowest BCUT2D eigenvalue weighted by atomic mass is 10.2. The lowest BCUT2D eigenvalue weighted by molar-refractivity contribution is -0.137. The number of carbonyl (C=O) groups is 1. The minimum atomic E-state index is -4.47. The van der Waals surface area contributed by atoms with Crippen molar-refractivity contribution in [1.29, 1.82) is 0 Å². The zero-order chi connectivity index (χ0) is 16.4. The summed E-state index contributed by atoms with van der Waals surface area (Å²) in [7, 11) is -3.11. The Morgan fingerprint density at radius 1 is 1.00 bits per heavy atom. The van der Waals surface area contributed by atoms with Crippen LogP contribution in [0.2, 0.25) is 0 Å². The Kier molecular flexibility index (Phi) is 4.37. The first kappa shape index (κ1) is 16.2. The minimum absolute atomic E-state index is 0.0739. The molecule has 2 rings (SSSR count). The zero-order valence-corrected chi connectivity index (χ0v) is 12.3. The summed E-state index contributed by atoms with van der Waals surface area (Å²) in [6.45, 7) is 0. The van der Waals surface area contributed by atoms with Crippen molar-refractivity contribution < 1.29 is 22.2 Å². The number of nitrogens with zero attached hydrogens (tertiary/aromatic N) is 1. The average Bonchev–Trinajstić information content (AvgIpc) is 2.47. The molecule has 3 nitrogen and oxygen atoms in total. The van der Waals surface area contributed by atoms with Crippen LogP contribution in [0.15, 0.2) is 63.9 Å². The lowest BCUT2D eigenvalue weighted by Crippen LogP contribution is -2.07. The number of rotatable bonds is 2. The monoisotopic (exact) mass is 327 g/mol. The van der Waals surface area contributed by atoms with Crippen LogP contribution in [0, 0.1) is 0 Å². The second-order valence-electron chi connectivity index (χ2n) is 4.59. The minimum Gasteiger partial charge on any atom is -0.266 e. The van der Waals surface area contributed by atoms with Crippen molar-refractivity contribution in [3.63, 3.8) is 0 Å². The maximum absolute atomic E-state index is 12.5. The summed E-state index contributed by atoms with van der Waals surface area (Å²) in [6.07, 6.45) is -3.25. The molecule has 0 spiro atoms. The molecule has 1 amide bonds. The van der Waals surface area contributed by atoms with Crippen molar-refractivity contribution in [2.45, 2.75) is 11.1 Å². The second-order valence-corrected chi connectivity index (χ2v) is 6.85. The van der Waals surface area contributed by atoms with Gasteiger partial charge >= 0.3 is 6.18 Å². The average molecular weight is 327 g/mol. The van der Waals surface area contributed by atoms with Crippen LogP contribution in [0.1, 0.15) is 15.9 Å². The highest BCUT2D eigenvalue weighted by Crippen LogP contribution is 2.29. The third-order valence-corrected chi connectivity index (χ3v) is 4.56. The molecule has 0 saturated carbocycles. The number of amides is 1. The maximum atomic E-state index is 12.5. The topological polar surface area (TPSA) is 46.5 Å². The summed E-state index contributed by atoms with van der Waals surface area (Å²) < 4.78 is 53.6. The van der Waals surface area contributed by atoms with E-state index in [1.807, 2.05) is 0 Å². The number of halogens is 3. The Labute approximate surface area is 126 Å². The van der Waals surface area contributed by atoms with Gasteiger partial charge in [0.15, 0.2) is 0 Å². The SMILES string of the molecule is CS(=O)(=NC(=O)c1ccccc1)c1ccc(C(F)(F)F)cc1. The van der Waals surface area contributed by atoms with Crippen LogP contribution in [0.25, 0.3) is 0 Å². The Hall–Kier alpha value is -2.15. The zero-order valence-electron chi connectivity index (χ0n) is 11.5. The lowest BCUT2D eigenvalue weighted by Gasteiger charge is -2.08. The first-order valence-corrected chi connectivity index (χ1v) is 8.11. The molecule has 0 aromatic heterocycles. The molecular weight excluding hydrogens is 315 g/mol. The highest BCUT2D eigenvalue weighted by Gasteiger charge is 2.30. The van der Waals surface area contributed by atoms with E-state index in [1.54, 1.807) is 18.2 Å². The van der Waals surface area contributed by atoms with Crippen LogP contribution < -0.4 is 0 Å². The van der Waals surface area contributed by atoms with Gasteiger partial charge in [-0.2, -0.15) is 17.5 Å². The molecule has 0 N–H and O–H groups in total. The van der Waals surface area contributed by atoms with Crippen LogP contribution in [0.5, 0.6) is 0 Å². The Morgan fingerprint density at radius 2 is 1.55 bits per heavy atom. The molecular formula is C15H12F3NO2S. The number of hydrogen-bond donors (Lipinski definition) is 0. The van der Waals surface area contributed by atoms with Crippen molar-refractivity contribution in [3.8, 4) is 0 Å². The number of carbonyl (C=O) groups excluding carboxylic acids is 1. The van der Waals surface area contributed by atoms with E-state index >= 15 is 0 Å². The molecule has 2 aromatic rings. The quantitative estimate of drug-likeness (QED) is 0.837. The summed E-state index contributed by atoms with van der Waals surface area (Å²) in [4.78, 5) is 12.0. The standard InChI is InChI=1S/C15H12F3NO2S/c1-22(21,19-14(20)11-5-3-2-4-6-11)13-9-7-12(8-10-13)15(16,17)18/h2-10H,1H3. The Balaban J connectivity index is 2.36. The molecule has 0 radical (unpaired) electrons. The molecule has 2 aromatic carbocycles. The van der Waals surface area contributed by atoms with Crippen molar-refractivity contribution in [1.82, 2.24) is 0 Å². The Bertz CT molecular complexity index is 790. The van der Waals surface area contributed by atoms with Gasteiger partial charge < -0.3 is 0 Å². The van der Waals surface area contributed by atoms with E-state index in [0.717, 1.165) is 24.3 Å². The van der Waals surface area contributed by atoms with E-state index in [2.05, 4.69) is 4.36 Å². The van der Waals surface area contributed by atoms with Crippen LogP contribution in [0.4, 0.5) is 13.2 Å². The van der Waals surface area contributed by atoms with Crippen molar-refractivity contribution in [2.75, 3.05) is 6.26 Å². The first-order chi connectivity index (χ1) is 10.2. The van der Waals surface area contributed by atoms with Gasteiger partial charge in [-0.1, -0.05) is 18.2 Å². The van der Waals surface area contributed by atoms with E-state index in [9.17, 15) is 22.2 Å². The molecule has 0 heterocycles. The molecule has 22 heavy (non-hydrogen) atoms. The van der Waals surface area contributed by atoms with Crippen LogP contribution in [-0.4, -0.2) is 16.4 Å². The molecule has 1 atom stereocenters. The summed E-state index contributed by atoms with van der Waals surface area (Å²) in [5, 5.41) is 0. The summed E-state index contributed by atoms with van der Waals surface area (Å²) in [5.41, 5.74) is -0.579. The van der Waals surface area contributed by atoms with Gasteiger partial charge in [-0.15, -0.1) is 0 Å². The van der Waals surface area contributed by atoms with E-state index in [1.165, 1.54) is 18.4 Å². The molecule has 116 valence electrons. The summed E-state index contributed by atoms with van der Waals surface area (Å²) in [6, 6.07) is 11.8. The van der Waals surface area contributed by atoms with E-state index in [0.29, 0.717) is 0 Å². The van der Waals surface area contributed by atoms with E-state index in [-0.39, 0.29) is 10.5 Å². The van der Waals surface area contributed by atoms with Gasteiger partial charge in [-0.3, -0.25) is 4.79 Å². The van der Waals surface area contributed by atoms with E-state index < -0.39 is 27.4 Å². The Morgan fingerprint density at radius 3 is 2.05 bits per heavy atom. The third kappa shape index (κ3) is 3.73. The van der Waals surface area contributed by atoms with Gasteiger partial charge in [0.1, 0.15) is 0 Å². The van der Waals surface area contributed by atoms with Crippen LogP contribution in [-0.2, 0) is 15.9 Å². The summed E-state index contributed by atoms with van der Waals surface area (Å²) in [5.74, 6) is -0.673. The van der Waals surface area contributed by atoms with Gasteiger partial charge in [0, 0.05) is 16.7 Å². The normalized spacial score (nSPS) is 14.2. The molecule has 0 bridgehead atoms. The fourth-order valence-electron chi connectivity index (χ4n) is 1.74. The van der Waals surface area contributed by atoms with Gasteiger partial charge in [-0.05, 0) is 36.4 Å². The van der Waals surface area contributed by atoms with Crippen molar-refractivity contribution in [3.05, 3.63) is 65.7 Å². The number of hydrogen-bond acceptors (Lipinski definition) is 2. The van der Waals surface area contributed by atoms with Crippen molar-refractivity contribution >= 4 is 15.6 Å². The predicted octanol–water partition coefficient (Wildman–Crippen LogP) is 4.00. The molecule has 7 heteroatoms. The highest BCUT2D eigenvalue weighted by molar-refractivity contribution is 7.93. The molecule has 0 saturated heterocycles. The number of alkyl halides is 3. The molecule has 0 fully saturated rings. The second kappa shape index (κ2) is 5.92. The van der Waals surface area contributed by atoms with E-state index in [4.69, 9.17) is 0 Å². The molecule has 0 aliphatic carbocycles. The smallest absolute Gasteiger partial charge is 0.266 e. The van der Waals surface area contributed by atoms with Gasteiger partial charge in [0.2, 0.25) is 0 Å². The largest absolute Gasteiger partial charge is 0.416 e. The summed E-state index contributed by atoms with van der Waals surface area (Å²) >= 11 is 0. The fourth-order valence-corrected chi connectivity index (χ4v) is 2.91. The van der Waals surface area contributed by atoms with Gasteiger partial charge in [0.25, 0.3) is 5.91 Å². The highest BCUT2D eigenvalue weighted by atomic mass is 32.2. The van der Waals surface area contributed by atoms with Gasteiger partial charge in [-0.25, -0.2) is 4.21 Å². The maximum Gasteiger partial charge on any atom is 0.416 e. The predicted molar refractivity (Wildman–Crippen MR) is 77.0 cm³/mol. The van der Waals surface area contributed by atoms with Crippen LogP contribution in [0.3, 0.4) is 0 Å². The number of benzene rings is 2. The fraction of sp³-hybridized carbons (Fsp3) is 0.133. The first-order valence-electron chi connectivity index (χ1n) is 6.19. The van der Waals surface area contributed by atoms with Crippen molar-refractivity contribution in [2.24, 2.45) is 4.36 Å². The molecule has 0 aliphatic rings. The third-order valence-electron chi connectivity index (χ3n) is 2.90. The van der Waals surface area contributed by atoms with Crippen LogP contribution >= 0.6 is 0 Å². The molecule has 0 aliphatic heterocycles. The van der Waals surface area contributed by atoms with Gasteiger partial charge in [0.05, 0.1) is 15.3 Å².